The molecule has 1 aliphatic rings. The lowest BCUT2D eigenvalue weighted by atomic mass is 10.2. The maximum absolute atomic E-state index is 11.2. The van der Waals surface area contributed by atoms with Crippen LogP contribution >= 0.6 is 0 Å². The molecule has 0 aromatic rings. The number of alkyl carbamates (subject to hydrolysis) is 1. The van der Waals surface area contributed by atoms with Gasteiger partial charge in [0.05, 0.1) is 0 Å². The highest BCUT2D eigenvalue weighted by molar-refractivity contribution is 5.67. The predicted octanol–water partition coefficient (Wildman–Crippen LogP) is 1.11. The first-order valence-corrected chi connectivity index (χ1v) is 5.09. The number of ether oxygens (including phenoxy) is 1. The summed E-state index contributed by atoms with van der Waals surface area (Å²) >= 11 is 0. The molecule has 0 unspecified atom stereocenters. The zero-order chi connectivity index (χ0) is 10.8. The van der Waals surface area contributed by atoms with E-state index in [2.05, 4.69) is 5.32 Å². The van der Waals surface area contributed by atoms with Crippen LogP contribution < -0.4 is 11.1 Å². The summed E-state index contributed by atoms with van der Waals surface area (Å²) in [6.07, 6.45) is 0.798. The van der Waals surface area contributed by atoms with Gasteiger partial charge >= 0.3 is 6.09 Å². The second kappa shape index (κ2) is 4.17. The Bertz CT molecular complexity index is 211. The molecular formula is C10H20N2O2. The van der Waals surface area contributed by atoms with E-state index in [9.17, 15) is 4.79 Å². The molecule has 0 aromatic carbocycles. The lowest BCUT2D eigenvalue weighted by Crippen LogP contribution is -2.33. The molecule has 2 atom stereocenters. The Labute approximate surface area is 85.2 Å². The summed E-state index contributed by atoms with van der Waals surface area (Å²) in [5, 5.41) is 2.75. The Morgan fingerprint density at radius 1 is 1.50 bits per heavy atom. The van der Waals surface area contributed by atoms with Crippen molar-refractivity contribution < 1.29 is 9.53 Å². The molecule has 0 radical (unpaired) electrons. The summed E-state index contributed by atoms with van der Waals surface area (Å²) in [6, 6.07) is 0. The smallest absolute Gasteiger partial charge is 0.407 e. The average molecular weight is 200 g/mol. The molecule has 0 saturated heterocycles. The van der Waals surface area contributed by atoms with Gasteiger partial charge in [-0.1, -0.05) is 0 Å². The molecule has 0 heterocycles. The Hall–Kier alpha value is -0.770. The van der Waals surface area contributed by atoms with Crippen molar-refractivity contribution in [1.82, 2.24) is 5.32 Å². The van der Waals surface area contributed by atoms with Gasteiger partial charge < -0.3 is 15.8 Å². The second-order valence-electron chi connectivity index (χ2n) is 4.87. The van der Waals surface area contributed by atoms with Crippen LogP contribution in [0.25, 0.3) is 0 Å². The van der Waals surface area contributed by atoms with Crippen molar-refractivity contribution in [2.24, 2.45) is 17.6 Å². The van der Waals surface area contributed by atoms with Crippen LogP contribution in [-0.2, 0) is 4.74 Å². The van der Waals surface area contributed by atoms with E-state index in [0.717, 1.165) is 13.0 Å². The second-order valence-corrected chi connectivity index (χ2v) is 4.87. The van der Waals surface area contributed by atoms with Gasteiger partial charge in [0.2, 0.25) is 0 Å². The van der Waals surface area contributed by atoms with Gasteiger partial charge in [0.15, 0.2) is 0 Å². The van der Waals surface area contributed by atoms with Crippen LogP contribution in [0.15, 0.2) is 0 Å². The Morgan fingerprint density at radius 2 is 2.14 bits per heavy atom. The van der Waals surface area contributed by atoms with Gasteiger partial charge in [-0.25, -0.2) is 4.79 Å². The molecular weight excluding hydrogens is 180 g/mol. The van der Waals surface area contributed by atoms with E-state index in [1.54, 1.807) is 0 Å². The molecule has 0 spiro atoms. The van der Waals surface area contributed by atoms with Crippen LogP contribution in [0, 0.1) is 11.8 Å². The maximum atomic E-state index is 11.2. The molecule has 1 rings (SSSR count). The maximum Gasteiger partial charge on any atom is 0.407 e. The molecule has 0 bridgehead atoms. The summed E-state index contributed by atoms with van der Waals surface area (Å²) in [5.74, 6) is 1.16. The highest BCUT2D eigenvalue weighted by Gasteiger charge is 2.35. The quantitative estimate of drug-likeness (QED) is 0.717. The van der Waals surface area contributed by atoms with E-state index in [4.69, 9.17) is 10.5 Å². The van der Waals surface area contributed by atoms with Gasteiger partial charge in [-0.2, -0.15) is 0 Å². The molecule has 0 aliphatic heterocycles. The van der Waals surface area contributed by atoms with E-state index in [1.807, 2.05) is 20.8 Å². The van der Waals surface area contributed by atoms with Crippen LogP contribution in [-0.4, -0.2) is 24.8 Å². The molecule has 4 nitrogen and oxygen atoms in total. The van der Waals surface area contributed by atoms with E-state index >= 15 is 0 Å². The summed E-state index contributed by atoms with van der Waals surface area (Å²) in [5.41, 5.74) is 5.07. The summed E-state index contributed by atoms with van der Waals surface area (Å²) < 4.78 is 5.10. The third kappa shape index (κ3) is 3.96. The SMILES string of the molecule is CC(C)(C)OC(=O)NC[C@H]1C[C@@H]1CN. The van der Waals surface area contributed by atoms with E-state index in [-0.39, 0.29) is 6.09 Å². The largest absolute Gasteiger partial charge is 0.444 e. The fourth-order valence-electron chi connectivity index (χ4n) is 1.38. The Morgan fingerprint density at radius 3 is 2.57 bits per heavy atom. The average Bonchev–Trinajstić information content (AvgIpc) is 2.76. The van der Waals surface area contributed by atoms with Crippen LogP contribution in [0.3, 0.4) is 0 Å². The van der Waals surface area contributed by atoms with Crippen molar-refractivity contribution in [1.29, 1.82) is 0 Å². The van der Waals surface area contributed by atoms with Crippen molar-refractivity contribution in [2.75, 3.05) is 13.1 Å². The van der Waals surface area contributed by atoms with Gasteiger partial charge in [0.25, 0.3) is 0 Å². The summed E-state index contributed by atoms with van der Waals surface area (Å²) in [4.78, 5) is 11.2. The van der Waals surface area contributed by atoms with Gasteiger partial charge in [-0.05, 0) is 45.6 Å². The number of rotatable bonds is 3. The molecule has 3 N–H and O–H groups in total. The lowest BCUT2D eigenvalue weighted by molar-refractivity contribution is 0.0524. The van der Waals surface area contributed by atoms with E-state index in [0.29, 0.717) is 18.4 Å². The zero-order valence-electron chi connectivity index (χ0n) is 9.17. The van der Waals surface area contributed by atoms with Crippen LogP contribution in [0.5, 0.6) is 0 Å². The fraction of sp³-hybridized carbons (Fsp3) is 0.900. The lowest BCUT2D eigenvalue weighted by Gasteiger charge is -2.19. The number of carbonyl (C=O) groups excluding carboxylic acids is 1. The van der Waals surface area contributed by atoms with Gasteiger partial charge in [0.1, 0.15) is 5.60 Å². The van der Waals surface area contributed by atoms with Crippen molar-refractivity contribution >= 4 is 6.09 Å². The summed E-state index contributed by atoms with van der Waals surface area (Å²) in [7, 11) is 0. The van der Waals surface area contributed by atoms with Gasteiger partial charge in [-0.15, -0.1) is 0 Å². The third-order valence-electron chi connectivity index (χ3n) is 2.28. The van der Waals surface area contributed by atoms with E-state index in [1.165, 1.54) is 0 Å². The molecule has 14 heavy (non-hydrogen) atoms. The monoisotopic (exact) mass is 200 g/mol. The van der Waals surface area contributed by atoms with Crippen molar-refractivity contribution in [3.05, 3.63) is 0 Å². The first-order chi connectivity index (χ1) is 6.42. The van der Waals surface area contributed by atoms with Crippen LogP contribution in [0.1, 0.15) is 27.2 Å². The Balaban J connectivity index is 2.10. The first-order valence-electron chi connectivity index (χ1n) is 5.09. The minimum Gasteiger partial charge on any atom is -0.444 e. The van der Waals surface area contributed by atoms with Gasteiger partial charge in [0, 0.05) is 6.54 Å². The fourth-order valence-corrected chi connectivity index (χ4v) is 1.38. The molecule has 0 aromatic heterocycles. The number of nitrogens with two attached hydrogens (primary N) is 1. The highest BCUT2D eigenvalue weighted by Crippen LogP contribution is 2.36. The minimum absolute atomic E-state index is 0.333. The number of hydrogen-bond acceptors (Lipinski definition) is 3. The van der Waals surface area contributed by atoms with Crippen LogP contribution in [0.2, 0.25) is 0 Å². The number of amides is 1. The third-order valence-corrected chi connectivity index (χ3v) is 2.28. The molecule has 1 fully saturated rings. The normalized spacial score (nSPS) is 25.7. The molecule has 4 heteroatoms. The van der Waals surface area contributed by atoms with Crippen molar-refractivity contribution in [3.63, 3.8) is 0 Å². The molecule has 1 aliphatic carbocycles. The topological polar surface area (TPSA) is 64.3 Å². The molecule has 82 valence electrons. The number of hydrogen-bond donors (Lipinski definition) is 2. The first kappa shape index (κ1) is 11.3. The van der Waals surface area contributed by atoms with E-state index < -0.39 is 5.60 Å². The Kier molecular flexibility index (Phi) is 3.37. The summed E-state index contributed by atoms with van der Waals surface area (Å²) in [6.45, 7) is 6.97. The number of carbonyl (C=O) groups is 1. The van der Waals surface area contributed by atoms with Crippen molar-refractivity contribution in [3.8, 4) is 0 Å². The highest BCUT2D eigenvalue weighted by atomic mass is 16.6. The number of nitrogens with one attached hydrogen (secondary N) is 1. The molecule has 1 saturated carbocycles. The molecule has 1 amide bonds. The van der Waals surface area contributed by atoms with Gasteiger partial charge in [-0.3, -0.25) is 0 Å². The standard InChI is InChI=1S/C10H20N2O2/c1-10(2,3)14-9(13)12-6-8-4-7(8)5-11/h7-8H,4-6,11H2,1-3H3,(H,12,13)/t7-,8-/m1/s1. The minimum atomic E-state index is -0.416. The zero-order valence-corrected chi connectivity index (χ0v) is 9.17. The van der Waals surface area contributed by atoms with Crippen molar-refractivity contribution in [2.45, 2.75) is 32.8 Å². The predicted molar refractivity (Wildman–Crippen MR) is 54.9 cm³/mol. The van der Waals surface area contributed by atoms with Crippen LogP contribution in [0.4, 0.5) is 4.79 Å².